The Labute approximate surface area is 121 Å². The van der Waals surface area contributed by atoms with Crippen LogP contribution in [0.4, 0.5) is 5.69 Å². The van der Waals surface area contributed by atoms with Crippen LogP contribution in [-0.4, -0.2) is 22.5 Å². The summed E-state index contributed by atoms with van der Waals surface area (Å²) in [6, 6.07) is 1.98. The summed E-state index contributed by atoms with van der Waals surface area (Å²) in [6.07, 6.45) is 6.50. The van der Waals surface area contributed by atoms with Gasteiger partial charge in [0.15, 0.2) is 0 Å². The molecule has 2 aromatic heterocycles. The molecule has 1 fully saturated rings. The molecule has 2 aromatic rings. The van der Waals surface area contributed by atoms with E-state index in [-0.39, 0.29) is 0 Å². The van der Waals surface area contributed by atoms with Gasteiger partial charge in [0.25, 0.3) is 0 Å². The van der Waals surface area contributed by atoms with Crippen molar-refractivity contribution in [3.8, 4) is 0 Å². The fraction of sp³-hybridized carbons (Fsp3) is 0.462. The SMILES string of the molecule is Clc1csc(CNc2cnn(CC3CCCO3)c2)c1. The zero-order valence-corrected chi connectivity index (χ0v) is 12.1. The molecule has 1 unspecified atom stereocenters. The summed E-state index contributed by atoms with van der Waals surface area (Å²) >= 11 is 7.55. The van der Waals surface area contributed by atoms with Gasteiger partial charge < -0.3 is 10.1 Å². The minimum Gasteiger partial charge on any atom is -0.378 e. The van der Waals surface area contributed by atoms with Gasteiger partial charge in [-0.15, -0.1) is 11.3 Å². The predicted octanol–water partition coefficient (Wildman–Crippen LogP) is 3.39. The van der Waals surface area contributed by atoms with Crippen molar-refractivity contribution < 1.29 is 4.74 Å². The second-order valence-electron chi connectivity index (χ2n) is 4.67. The van der Waals surface area contributed by atoms with Gasteiger partial charge in [-0.05, 0) is 18.9 Å². The average molecular weight is 298 g/mol. The molecule has 3 heterocycles. The number of aromatic nitrogens is 2. The van der Waals surface area contributed by atoms with Gasteiger partial charge in [0.1, 0.15) is 0 Å². The molecule has 1 N–H and O–H groups in total. The van der Waals surface area contributed by atoms with E-state index in [4.69, 9.17) is 16.3 Å². The number of rotatable bonds is 5. The number of hydrogen-bond donors (Lipinski definition) is 1. The molecule has 6 heteroatoms. The Kier molecular flexibility index (Phi) is 4.06. The fourth-order valence-electron chi connectivity index (χ4n) is 2.19. The van der Waals surface area contributed by atoms with Crippen molar-refractivity contribution >= 4 is 28.6 Å². The van der Waals surface area contributed by atoms with Crippen LogP contribution in [0.25, 0.3) is 0 Å². The first-order chi connectivity index (χ1) is 9.29. The molecule has 0 radical (unpaired) electrons. The van der Waals surface area contributed by atoms with Crippen molar-refractivity contribution in [2.24, 2.45) is 0 Å². The third-order valence-electron chi connectivity index (χ3n) is 3.14. The first-order valence-electron chi connectivity index (χ1n) is 6.40. The van der Waals surface area contributed by atoms with E-state index < -0.39 is 0 Å². The first kappa shape index (κ1) is 13.0. The number of hydrogen-bond acceptors (Lipinski definition) is 4. The summed E-state index contributed by atoms with van der Waals surface area (Å²) in [4.78, 5) is 1.22. The van der Waals surface area contributed by atoms with Crippen LogP contribution in [-0.2, 0) is 17.8 Å². The Morgan fingerprint density at radius 3 is 3.26 bits per heavy atom. The van der Waals surface area contributed by atoms with Gasteiger partial charge in [-0.25, -0.2) is 0 Å². The van der Waals surface area contributed by atoms with Crippen molar-refractivity contribution in [1.82, 2.24) is 9.78 Å². The summed E-state index contributed by atoms with van der Waals surface area (Å²) in [7, 11) is 0. The van der Waals surface area contributed by atoms with Gasteiger partial charge in [-0.3, -0.25) is 4.68 Å². The fourth-order valence-corrected chi connectivity index (χ4v) is 3.20. The zero-order chi connectivity index (χ0) is 13.1. The van der Waals surface area contributed by atoms with Crippen molar-refractivity contribution in [3.63, 3.8) is 0 Å². The number of nitrogens with zero attached hydrogens (tertiary/aromatic N) is 2. The summed E-state index contributed by atoms with van der Waals surface area (Å²) in [6.45, 7) is 2.51. The molecular weight excluding hydrogens is 282 g/mol. The average Bonchev–Trinajstić information content (AvgIpc) is 3.10. The molecule has 0 saturated carbocycles. The number of nitrogens with one attached hydrogen (secondary N) is 1. The second-order valence-corrected chi connectivity index (χ2v) is 6.10. The molecule has 1 aliphatic heterocycles. The summed E-state index contributed by atoms with van der Waals surface area (Å²) in [5, 5.41) is 10.4. The quantitative estimate of drug-likeness (QED) is 0.919. The van der Waals surface area contributed by atoms with E-state index >= 15 is 0 Å². The van der Waals surface area contributed by atoms with E-state index in [1.807, 2.05) is 28.5 Å². The van der Waals surface area contributed by atoms with Gasteiger partial charge in [0.05, 0.1) is 29.6 Å². The van der Waals surface area contributed by atoms with E-state index in [9.17, 15) is 0 Å². The minimum absolute atomic E-state index is 0.323. The van der Waals surface area contributed by atoms with Gasteiger partial charge in [0.2, 0.25) is 0 Å². The molecule has 3 rings (SSSR count). The molecule has 19 heavy (non-hydrogen) atoms. The highest BCUT2D eigenvalue weighted by atomic mass is 35.5. The normalized spacial score (nSPS) is 18.9. The van der Waals surface area contributed by atoms with Crippen molar-refractivity contribution in [2.45, 2.75) is 32.0 Å². The third-order valence-corrected chi connectivity index (χ3v) is 4.42. The molecule has 102 valence electrons. The highest BCUT2D eigenvalue weighted by Gasteiger charge is 2.16. The molecule has 1 atom stereocenters. The highest BCUT2D eigenvalue weighted by Crippen LogP contribution is 2.20. The zero-order valence-electron chi connectivity index (χ0n) is 10.5. The number of ether oxygens (including phenoxy) is 1. The maximum absolute atomic E-state index is 5.89. The van der Waals surface area contributed by atoms with Crippen LogP contribution >= 0.6 is 22.9 Å². The van der Waals surface area contributed by atoms with Crippen LogP contribution in [0.3, 0.4) is 0 Å². The van der Waals surface area contributed by atoms with Crippen LogP contribution in [0.15, 0.2) is 23.8 Å². The Morgan fingerprint density at radius 1 is 1.58 bits per heavy atom. The molecule has 0 aliphatic carbocycles. The van der Waals surface area contributed by atoms with Crippen molar-refractivity contribution in [3.05, 3.63) is 33.7 Å². The third kappa shape index (κ3) is 3.49. The lowest BCUT2D eigenvalue weighted by atomic mass is 10.2. The van der Waals surface area contributed by atoms with E-state index in [0.29, 0.717) is 6.10 Å². The van der Waals surface area contributed by atoms with Gasteiger partial charge in [0, 0.05) is 29.6 Å². The Morgan fingerprint density at radius 2 is 2.53 bits per heavy atom. The number of thiophene rings is 1. The smallest absolute Gasteiger partial charge is 0.0771 e. The molecular formula is C13H16ClN3OS. The van der Waals surface area contributed by atoms with Crippen LogP contribution in [0.1, 0.15) is 17.7 Å². The molecule has 0 aromatic carbocycles. The Balaban J connectivity index is 1.52. The molecule has 1 saturated heterocycles. The summed E-state index contributed by atoms with van der Waals surface area (Å²) in [5.41, 5.74) is 1.03. The largest absolute Gasteiger partial charge is 0.378 e. The van der Waals surface area contributed by atoms with E-state index in [0.717, 1.165) is 43.2 Å². The summed E-state index contributed by atoms with van der Waals surface area (Å²) < 4.78 is 7.55. The molecule has 0 amide bonds. The van der Waals surface area contributed by atoms with E-state index in [1.165, 1.54) is 4.88 Å². The Bertz CT molecular complexity index is 533. The van der Waals surface area contributed by atoms with Gasteiger partial charge in [-0.2, -0.15) is 5.10 Å². The van der Waals surface area contributed by atoms with E-state index in [2.05, 4.69) is 10.4 Å². The maximum atomic E-state index is 5.89. The standard InChI is InChI=1S/C13H16ClN3OS/c14-10-4-13(19-9-10)6-15-11-5-16-17(7-11)8-12-2-1-3-18-12/h4-5,7,9,12,15H,1-3,6,8H2. The van der Waals surface area contributed by atoms with Gasteiger partial charge in [-0.1, -0.05) is 11.6 Å². The second kappa shape index (κ2) is 5.94. The summed E-state index contributed by atoms with van der Waals surface area (Å²) in [5.74, 6) is 0. The molecule has 4 nitrogen and oxygen atoms in total. The lowest BCUT2D eigenvalue weighted by Gasteiger charge is -2.08. The van der Waals surface area contributed by atoms with E-state index in [1.54, 1.807) is 11.3 Å². The maximum Gasteiger partial charge on any atom is 0.0771 e. The Hall–Kier alpha value is -1.04. The van der Waals surface area contributed by atoms with Crippen LogP contribution in [0, 0.1) is 0 Å². The predicted molar refractivity (Wildman–Crippen MR) is 77.9 cm³/mol. The lowest BCUT2D eigenvalue weighted by molar-refractivity contribution is 0.0940. The first-order valence-corrected chi connectivity index (χ1v) is 7.66. The molecule has 1 aliphatic rings. The molecule has 0 spiro atoms. The van der Waals surface area contributed by atoms with Gasteiger partial charge >= 0.3 is 0 Å². The van der Waals surface area contributed by atoms with Crippen molar-refractivity contribution in [2.75, 3.05) is 11.9 Å². The lowest BCUT2D eigenvalue weighted by Crippen LogP contribution is -2.15. The van der Waals surface area contributed by atoms with Crippen molar-refractivity contribution in [1.29, 1.82) is 0 Å². The topological polar surface area (TPSA) is 39.1 Å². The number of halogens is 1. The highest BCUT2D eigenvalue weighted by molar-refractivity contribution is 7.10. The monoisotopic (exact) mass is 297 g/mol. The molecule has 0 bridgehead atoms. The number of anilines is 1. The van der Waals surface area contributed by atoms with Crippen LogP contribution in [0.5, 0.6) is 0 Å². The van der Waals surface area contributed by atoms with Crippen LogP contribution in [0.2, 0.25) is 5.02 Å². The minimum atomic E-state index is 0.323. The van der Waals surface area contributed by atoms with Crippen LogP contribution < -0.4 is 5.32 Å².